The number of rotatable bonds is 6. The average Bonchev–Trinajstić information content (AvgIpc) is 3.14. The SMILES string of the molecule is C=CCC1C[C@]2([C@@H](C)Cc3cc(C#N)c(OC)cc3F)OCOC2=CC1=O.CC. The molecular formula is C23H28FNO4. The predicted octanol–water partition coefficient (Wildman–Crippen LogP) is 4.70. The molecule has 0 bridgehead atoms. The first-order valence-corrected chi connectivity index (χ1v) is 9.85. The number of carbonyl (C=O) groups is 1. The summed E-state index contributed by atoms with van der Waals surface area (Å²) in [5.74, 6) is -0.116. The fraction of sp³-hybridized carbons (Fsp3) is 0.478. The van der Waals surface area contributed by atoms with Crippen LogP contribution >= 0.6 is 0 Å². The van der Waals surface area contributed by atoms with Crippen LogP contribution in [0.3, 0.4) is 0 Å². The van der Waals surface area contributed by atoms with Gasteiger partial charge in [-0.3, -0.25) is 4.79 Å². The number of ketones is 1. The molecule has 1 saturated heterocycles. The van der Waals surface area contributed by atoms with E-state index < -0.39 is 11.4 Å². The van der Waals surface area contributed by atoms with Crippen LogP contribution in [0, 0.1) is 29.0 Å². The Hall–Kier alpha value is -2.65. The zero-order valence-electron chi connectivity index (χ0n) is 17.5. The molecule has 3 rings (SSSR count). The monoisotopic (exact) mass is 401 g/mol. The molecule has 0 radical (unpaired) electrons. The molecule has 5 nitrogen and oxygen atoms in total. The third-order valence-corrected chi connectivity index (χ3v) is 5.44. The summed E-state index contributed by atoms with van der Waals surface area (Å²) in [6, 6.07) is 4.76. The van der Waals surface area contributed by atoms with Gasteiger partial charge in [0.1, 0.15) is 29.0 Å². The number of carbonyl (C=O) groups excluding carboxylic acids is 1. The molecule has 6 heteroatoms. The average molecular weight is 401 g/mol. The van der Waals surface area contributed by atoms with Gasteiger partial charge in [-0.05, 0) is 36.8 Å². The van der Waals surface area contributed by atoms with E-state index in [1.807, 2.05) is 26.8 Å². The Kier molecular flexibility index (Phi) is 7.58. The number of fused-ring (bicyclic) bond motifs is 1. The number of allylic oxidation sites excluding steroid dienone is 2. The molecule has 1 fully saturated rings. The van der Waals surface area contributed by atoms with Gasteiger partial charge in [0, 0.05) is 18.1 Å². The number of ether oxygens (including phenoxy) is 3. The minimum Gasteiger partial charge on any atom is -0.495 e. The van der Waals surface area contributed by atoms with Gasteiger partial charge in [-0.2, -0.15) is 5.26 Å². The highest BCUT2D eigenvalue weighted by Gasteiger charge is 2.51. The zero-order chi connectivity index (χ0) is 21.6. The maximum absolute atomic E-state index is 14.5. The molecule has 29 heavy (non-hydrogen) atoms. The van der Waals surface area contributed by atoms with E-state index in [-0.39, 0.29) is 35.7 Å². The van der Waals surface area contributed by atoms with Gasteiger partial charge in [0.15, 0.2) is 12.6 Å². The lowest BCUT2D eigenvalue weighted by atomic mass is 9.71. The van der Waals surface area contributed by atoms with Crippen molar-refractivity contribution < 1.29 is 23.4 Å². The summed E-state index contributed by atoms with van der Waals surface area (Å²) in [5, 5.41) is 9.27. The fourth-order valence-corrected chi connectivity index (χ4v) is 3.92. The van der Waals surface area contributed by atoms with Crippen molar-refractivity contribution in [3.63, 3.8) is 0 Å². The summed E-state index contributed by atoms with van der Waals surface area (Å²) < 4.78 is 31.1. The number of hydrogen-bond donors (Lipinski definition) is 0. The van der Waals surface area contributed by atoms with Crippen LogP contribution in [0.15, 0.2) is 36.6 Å². The number of halogens is 1. The van der Waals surface area contributed by atoms with Crippen LogP contribution in [-0.2, 0) is 20.7 Å². The normalized spacial score (nSPS) is 23.5. The maximum atomic E-state index is 14.5. The van der Waals surface area contributed by atoms with Gasteiger partial charge in [0.05, 0.1) is 12.7 Å². The van der Waals surface area contributed by atoms with Crippen LogP contribution < -0.4 is 4.74 Å². The first-order chi connectivity index (χ1) is 13.9. The van der Waals surface area contributed by atoms with Crippen molar-refractivity contribution in [2.75, 3.05) is 13.9 Å². The number of benzene rings is 1. The lowest BCUT2D eigenvalue weighted by molar-refractivity contribution is -0.123. The van der Waals surface area contributed by atoms with E-state index in [9.17, 15) is 14.4 Å². The number of nitrogens with zero attached hydrogens (tertiary/aromatic N) is 1. The summed E-state index contributed by atoms with van der Waals surface area (Å²) in [6.07, 6.45) is 4.58. The first-order valence-electron chi connectivity index (χ1n) is 9.85. The van der Waals surface area contributed by atoms with Gasteiger partial charge in [-0.15, -0.1) is 6.58 Å². The zero-order valence-corrected chi connectivity index (χ0v) is 17.5. The Morgan fingerprint density at radius 2 is 2.21 bits per heavy atom. The number of hydrogen-bond acceptors (Lipinski definition) is 5. The van der Waals surface area contributed by atoms with Gasteiger partial charge in [-0.1, -0.05) is 26.8 Å². The van der Waals surface area contributed by atoms with Crippen LogP contribution in [0.25, 0.3) is 0 Å². The molecule has 0 aromatic heterocycles. The third kappa shape index (κ3) is 4.35. The second-order valence-electron chi connectivity index (χ2n) is 6.99. The van der Waals surface area contributed by atoms with Crippen LogP contribution in [0.1, 0.15) is 44.7 Å². The Balaban J connectivity index is 0.00000145. The van der Waals surface area contributed by atoms with Gasteiger partial charge in [-0.25, -0.2) is 4.39 Å². The topological polar surface area (TPSA) is 68.6 Å². The molecule has 3 atom stereocenters. The molecule has 1 heterocycles. The highest BCUT2D eigenvalue weighted by Crippen LogP contribution is 2.46. The summed E-state index contributed by atoms with van der Waals surface area (Å²) in [4.78, 5) is 12.3. The van der Waals surface area contributed by atoms with E-state index in [4.69, 9.17) is 14.2 Å². The minimum atomic E-state index is -0.777. The van der Waals surface area contributed by atoms with E-state index >= 15 is 0 Å². The fourth-order valence-electron chi connectivity index (χ4n) is 3.92. The predicted molar refractivity (Wildman–Crippen MR) is 108 cm³/mol. The summed E-state index contributed by atoms with van der Waals surface area (Å²) >= 11 is 0. The molecule has 2 aliphatic rings. The second-order valence-corrected chi connectivity index (χ2v) is 6.99. The molecule has 1 aromatic carbocycles. The highest BCUT2D eigenvalue weighted by molar-refractivity contribution is 5.93. The molecule has 1 aromatic rings. The van der Waals surface area contributed by atoms with E-state index in [1.165, 1.54) is 25.3 Å². The molecule has 156 valence electrons. The van der Waals surface area contributed by atoms with Crippen molar-refractivity contribution in [1.82, 2.24) is 0 Å². The Labute approximate surface area is 171 Å². The molecule has 0 N–H and O–H groups in total. The van der Waals surface area contributed by atoms with Crippen LogP contribution in [0.5, 0.6) is 5.75 Å². The van der Waals surface area contributed by atoms with Crippen molar-refractivity contribution in [3.05, 3.63) is 53.6 Å². The number of nitriles is 1. The van der Waals surface area contributed by atoms with Crippen molar-refractivity contribution in [2.24, 2.45) is 11.8 Å². The first kappa shape index (κ1) is 22.6. The van der Waals surface area contributed by atoms with Crippen LogP contribution in [0.2, 0.25) is 0 Å². The Morgan fingerprint density at radius 1 is 1.48 bits per heavy atom. The lowest BCUT2D eigenvalue weighted by Crippen LogP contribution is -2.45. The standard InChI is InChI=1S/C21H22FNO4.C2H6/c1-4-5-14-10-21(20(9-18(14)24)26-12-27-21)13(2)6-15-7-16(11-23)19(25-3)8-17(15)22;1-2/h4,7-9,13-14H,1,5-6,10,12H2,2-3H3;1-2H3/t13-,14?,21+;/m0./s1. The molecule has 1 unspecified atom stereocenters. The van der Waals surface area contributed by atoms with Crippen molar-refractivity contribution in [2.45, 2.75) is 45.6 Å². The Bertz CT molecular complexity index is 842. The molecule has 1 aliphatic carbocycles. The van der Waals surface area contributed by atoms with Crippen molar-refractivity contribution in [1.29, 1.82) is 5.26 Å². The third-order valence-electron chi connectivity index (χ3n) is 5.44. The molecular weight excluding hydrogens is 373 g/mol. The van der Waals surface area contributed by atoms with Gasteiger partial charge >= 0.3 is 0 Å². The molecule has 0 amide bonds. The van der Waals surface area contributed by atoms with Gasteiger partial charge < -0.3 is 14.2 Å². The lowest BCUT2D eigenvalue weighted by Gasteiger charge is -2.38. The van der Waals surface area contributed by atoms with E-state index in [0.29, 0.717) is 30.6 Å². The Morgan fingerprint density at radius 3 is 2.83 bits per heavy atom. The molecule has 0 spiro atoms. The van der Waals surface area contributed by atoms with Crippen LogP contribution in [0.4, 0.5) is 4.39 Å². The van der Waals surface area contributed by atoms with E-state index in [0.717, 1.165) is 0 Å². The highest BCUT2D eigenvalue weighted by atomic mass is 19.1. The largest absolute Gasteiger partial charge is 0.495 e. The van der Waals surface area contributed by atoms with Crippen molar-refractivity contribution in [3.8, 4) is 11.8 Å². The number of methoxy groups -OCH3 is 1. The van der Waals surface area contributed by atoms with Gasteiger partial charge in [0.2, 0.25) is 0 Å². The summed E-state index contributed by atoms with van der Waals surface area (Å²) in [6.45, 7) is 9.73. The van der Waals surface area contributed by atoms with Gasteiger partial charge in [0.25, 0.3) is 0 Å². The molecule has 1 aliphatic heterocycles. The second kappa shape index (κ2) is 9.71. The van der Waals surface area contributed by atoms with E-state index in [2.05, 4.69) is 6.58 Å². The quantitative estimate of drug-likeness (QED) is 0.646. The smallest absolute Gasteiger partial charge is 0.189 e. The van der Waals surface area contributed by atoms with Crippen LogP contribution in [-0.4, -0.2) is 25.3 Å². The molecule has 0 saturated carbocycles. The summed E-state index contributed by atoms with van der Waals surface area (Å²) in [7, 11) is 1.40. The van der Waals surface area contributed by atoms with E-state index in [1.54, 1.807) is 6.08 Å². The van der Waals surface area contributed by atoms with Crippen molar-refractivity contribution >= 4 is 5.78 Å². The maximum Gasteiger partial charge on any atom is 0.189 e. The minimum absolute atomic E-state index is 0.000574. The summed E-state index contributed by atoms with van der Waals surface area (Å²) in [5.41, 5.74) is -0.0941.